The molecule has 0 aromatic carbocycles. The Morgan fingerprint density at radius 2 is 1.00 bits per heavy atom. The Morgan fingerprint density at radius 1 is 1.00 bits per heavy atom. The summed E-state index contributed by atoms with van der Waals surface area (Å²) in [7, 11) is 0. The summed E-state index contributed by atoms with van der Waals surface area (Å²) < 4.78 is 0. The second kappa shape index (κ2) is 263. The summed E-state index contributed by atoms with van der Waals surface area (Å²) in [6.07, 6.45) is 0. The van der Waals surface area contributed by atoms with E-state index in [0.717, 1.165) is 0 Å². The van der Waals surface area contributed by atoms with Gasteiger partial charge in [0.15, 0.2) is 0 Å². The number of halogens is 2. The van der Waals surface area contributed by atoms with E-state index in [-0.39, 0.29) is 24.8 Å². The van der Waals surface area contributed by atoms with Crippen LogP contribution in [-0.2, 0) is 0 Å². The van der Waals surface area contributed by atoms with Crippen molar-refractivity contribution in [2.24, 2.45) is 0 Å². The van der Waals surface area contributed by atoms with E-state index in [1.54, 1.807) is 0 Å². The van der Waals surface area contributed by atoms with Crippen molar-refractivity contribution in [3.05, 3.63) is 0 Å². The molecule has 0 aromatic rings. The fraction of sp³-hybridized carbons (Fsp3) is 0. The van der Waals surface area contributed by atoms with E-state index >= 15 is 0 Å². The minimum absolute atomic E-state index is 0. The quantitative estimate of drug-likeness (QED) is 0.293. The van der Waals surface area contributed by atoms with E-state index in [1.165, 1.54) is 0 Å². The summed E-state index contributed by atoms with van der Waals surface area (Å²) in [5.41, 5.74) is 0. The Bertz CT molecular complexity index is 6.00. The van der Waals surface area contributed by atoms with Gasteiger partial charge in [0, 0.05) is 0 Å². The molecule has 0 fully saturated rings. The molecule has 0 aliphatic rings. The first kappa shape index (κ1) is 28.7. The molecule has 0 rings (SSSR count). The van der Waals surface area contributed by atoms with Crippen molar-refractivity contribution >= 4 is 6.72 Å². The largest absolute Gasteiger partial charge is 1.00 e. The lowest BCUT2D eigenvalue weighted by atomic mass is 11.8. The van der Waals surface area contributed by atoms with Gasteiger partial charge >= 0.3 is 0 Å². The highest BCUT2D eigenvalue weighted by Crippen LogP contribution is 0.633. The van der Waals surface area contributed by atoms with Crippen molar-refractivity contribution in [2.75, 3.05) is 0 Å². The van der Waals surface area contributed by atoms with Gasteiger partial charge in [-0.1, -0.05) is 0 Å². The highest BCUT2D eigenvalue weighted by molar-refractivity contribution is 5.15. The zero-order valence-corrected chi connectivity index (χ0v) is 3.47. The maximum Gasteiger partial charge on any atom is -0.0187 e. The van der Waals surface area contributed by atoms with Gasteiger partial charge < -0.3 is 30.2 Å². The SMILES string of the molecule is C=N.[Cl-].[Cl-]. The van der Waals surface area contributed by atoms with Crippen molar-refractivity contribution in [3.8, 4) is 0 Å². The lowest BCUT2D eigenvalue weighted by molar-refractivity contribution is -0.00100. The summed E-state index contributed by atoms with van der Waals surface area (Å²) in [5.74, 6) is 0. The summed E-state index contributed by atoms with van der Waals surface area (Å²) in [4.78, 5) is 0. The Kier molecular flexibility index (Phi) is 1890. The Morgan fingerprint density at radius 3 is 1.00 bits per heavy atom. The molecule has 1 nitrogen and oxygen atoms in total. The summed E-state index contributed by atoms with van der Waals surface area (Å²) >= 11 is 0. The molecule has 1 N–H and O–H groups in total. The molecule has 4 heavy (non-hydrogen) atoms. The van der Waals surface area contributed by atoms with Crippen LogP contribution >= 0.6 is 0 Å². The first-order valence-electron chi connectivity index (χ1n) is 0.354. The molecule has 0 aromatic heterocycles. The average Bonchev–Trinajstić information content (AvgIpc) is 1.00. The Labute approximate surface area is 37.7 Å². The summed E-state index contributed by atoms with van der Waals surface area (Å²) in [6.45, 7) is 2.50. The molecule has 0 heterocycles. The number of nitrogens with one attached hydrogen (secondary N) is 1. The number of hydrogen-bond acceptors (Lipinski definition) is 1. The summed E-state index contributed by atoms with van der Waals surface area (Å²) in [5, 5.41) is 5.50. The highest BCUT2D eigenvalue weighted by Gasteiger charge is 0.555. The van der Waals surface area contributed by atoms with Crippen molar-refractivity contribution in [1.82, 2.24) is 0 Å². The first-order chi connectivity index (χ1) is 1.00. The zero-order valence-electron chi connectivity index (χ0n) is 1.96. The van der Waals surface area contributed by atoms with E-state index in [9.17, 15) is 0 Å². The van der Waals surface area contributed by atoms with Crippen molar-refractivity contribution in [3.63, 3.8) is 0 Å². The molecular formula is CH3Cl2N-2. The van der Waals surface area contributed by atoms with Gasteiger partial charge in [0.1, 0.15) is 0 Å². The second-order valence-electron chi connectivity index (χ2n) is 0. The van der Waals surface area contributed by atoms with Gasteiger partial charge in [0.05, 0.1) is 0 Å². The van der Waals surface area contributed by atoms with Crippen LogP contribution in [0.15, 0.2) is 0 Å². The monoisotopic (exact) mass is 99.0 g/mol. The lowest BCUT2D eigenvalue weighted by Crippen LogP contribution is -3.00. The molecule has 0 aliphatic heterocycles. The molecule has 0 atom stereocenters. The molecule has 0 spiro atoms. The standard InChI is InChI=1S/CH3N.2ClH/c1-2;;/h2H,1H2;2*1H/p-2. The Hall–Kier alpha value is 0.250. The molecular weight excluding hydrogens is 96.9 g/mol. The van der Waals surface area contributed by atoms with Crippen LogP contribution in [0.1, 0.15) is 0 Å². The average molecular weight is 99.9 g/mol. The molecule has 0 amide bonds. The minimum Gasteiger partial charge on any atom is -1.00 e. The Balaban J connectivity index is -0.00000000500. The van der Waals surface area contributed by atoms with Crippen LogP contribution in [-0.4, -0.2) is 6.72 Å². The number of rotatable bonds is 0. The molecule has 0 aliphatic carbocycles. The van der Waals surface area contributed by atoms with E-state index in [1.807, 2.05) is 0 Å². The maximum absolute atomic E-state index is 5.50. The fourth-order valence-electron chi connectivity index (χ4n) is 0. The molecule has 0 radical (unpaired) electrons. The van der Waals surface area contributed by atoms with Crippen LogP contribution < -0.4 is 24.8 Å². The molecule has 0 unspecified atom stereocenters. The summed E-state index contributed by atoms with van der Waals surface area (Å²) in [6, 6.07) is 0. The van der Waals surface area contributed by atoms with Gasteiger partial charge in [-0.15, -0.1) is 0 Å². The van der Waals surface area contributed by atoms with E-state index < -0.39 is 0 Å². The van der Waals surface area contributed by atoms with Crippen LogP contribution in [0.5, 0.6) is 0 Å². The third-order valence-electron chi connectivity index (χ3n) is 0. The fourth-order valence-corrected chi connectivity index (χ4v) is 0. The molecule has 0 saturated carbocycles. The van der Waals surface area contributed by atoms with Gasteiger partial charge in [0.25, 0.3) is 0 Å². The van der Waals surface area contributed by atoms with Crippen molar-refractivity contribution in [2.45, 2.75) is 0 Å². The van der Waals surface area contributed by atoms with Gasteiger partial charge in [-0.25, -0.2) is 0 Å². The maximum atomic E-state index is 5.50. The normalized spacial score (nSPS) is 1.00. The molecule has 3 heteroatoms. The van der Waals surface area contributed by atoms with Crippen molar-refractivity contribution < 1.29 is 24.8 Å². The smallest absolute Gasteiger partial charge is 0.0187 e. The molecule has 0 bridgehead atoms. The van der Waals surface area contributed by atoms with E-state index in [0.29, 0.717) is 0 Å². The van der Waals surface area contributed by atoms with E-state index in [4.69, 9.17) is 5.41 Å². The van der Waals surface area contributed by atoms with E-state index in [2.05, 4.69) is 6.72 Å². The number of hydrogen-bond donors (Lipinski definition) is 1. The second-order valence-corrected chi connectivity index (χ2v) is 0. The van der Waals surface area contributed by atoms with Gasteiger partial charge in [0.2, 0.25) is 0 Å². The van der Waals surface area contributed by atoms with Crippen molar-refractivity contribution in [1.29, 1.82) is 5.41 Å². The predicted molar refractivity (Wildman–Crippen MR) is 9.84 cm³/mol. The van der Waals surface area contributed by atoms with Crippen LogP contribution in [0.25, 0.3) is 0 Å². The van der Waals surface area contributed by atoms with Gasteiger partial charge in [-0.3, -0.25) is 0 Å². The first-order valence-corrected chi connectivity index (χ1v) is 0.354. The third-order valence-corrected chi connectivity index (χ3v) is 0. The zero-order chi connectivity index (χ0) is 2.00. The van der Waals surface area contributed by atoms with Crippen LogP contribution in [0.4, 0.5) is 0 Å². The van der Waals surface area contributed by atoms with Crippen LogP contribution in [0.2, 0.25) is 0 Å². The van der Waals surface area contributed by atoms with Gasteiger partial charge in [-0.05, 0) is 6.72 Å². The van der Waals surface area contributed by atoms with Crippen LogP contribution in [0, 0.1) is 5.41 Å². The molecule has 28 valence electrons. The van der Waals surface area contributed by atoms with Gasteiger partial charge in [-0.2, -0.15) is 0 Å². The topological polar surface area (TPSA) is 23.9 Å². The minimum atomic E-state index is 0. The third kappa shape index (κ3) is 56.3. The molecule has 0 saturated heterocycles. The predicted octanol–water partition coefficient (Wildman–Crippen LogP) is -5.73. The highest BCUT2D eigenvalue weighted by atomic mass is 35.5. The lowest BCUT2D eigenvalue weighted by Gasteiger charge is -1.00. The van der Waals surface area contributed by atoms with Crippen LogP contribution in [0.3, 0.4) is 0 Å².